The van der Waals surface area contributed by atoms with E-state index in [9.17, 15) is 0 Å². The van der Waals surface area contributed by atoms with Crippen molar-refractivity contribution in [3.8, 4) is 0 Å². The van der Waals surface area contributed by atoms with Gasteiger partial charge in [0.05, 0.1) is 0 Å². The molecule has 1 unspecified atom stereocenters. The number of hydrogen-bond acceptors (Lipinski definition) is 2. The van der Waals surface area contributed by atoms with Crippen molar-refractivity contribution in [3.63, 3.8) is 0 Å². The summed E-state index contributed by atoms with van der Waals surface area (Å²) in [7, 11) is 0. The summed E-state index contributed by atoms with van der Waals surface area (Å²) in [5, 5.41) is 0. The van der Waals surface area contributed by atoms with E-state index in [0.717, 1.165) is 19.4 Å². The number of nitrogens with two attached hydrogens (primary N) is 2. The maximum atomic E-state index is 5.84. The van der Waals surface area contributed by atoms with Gasteiger partial charge in [0.15, 0.2) is 0 Å². The molecule has 0 aliphatic carbocycles. The van der Waals surface area contributed by atoms with Crippen LogP contribution in [0.2, 0.25) is 0 Å². The van der Waals surface area contributed by atoms with Gasteiger partial charge in [0.1, 0.15) is 0 Å². The van der Waals surface area contributed by atoms with Gasteiger partial charge < -0.3 is 11.5 Å². The standard InChI is InChI=1S/C9H22N2/c1-2-3-4-6-9(11)7-5-8-10/h9H,2-8,10-11H2,1H3. The Morgan fingerprint density at radius 1 is 1.09 bits per heavy atom. The van der Waals surface area contributed by atoms with E-state index in [4.69, 9.17) is 11.5 Å². The normalized spacial score (nSPS) is 13.4. The molecule has 68 valence electrons. The molecule has 1 atom stereocenters. The third-order valence-corrected chi connectivity index (χ3v) is 1.96. The van der Waals surface area contributed by atoms with E-state index in [-0.39, 0.29) is 0 Å². The third kappa shape index (κ3) is 7.82. The molecule has 0 fully saturated rings. The highest BCUT2D eigenvalue weighted by Crippen LogP contribution is 2.05. The summed E-state index contributed by atoms with van der Waals surface area (Å²) in [6.07, 6.45) is 7.23. The van der Waals surface area contributed by atoms with E-state index in [1.54, 1.807) is 0 Å². The Hall–Kier alpha value is -0.0800. The second-order valence-corrected chi connectivity index (χ2v) is 3.19. The van der Waals surface area contributed by atoms with Crippen molar-refractivity contribution in [3.05, 3.63) is 0 Å². The Kier molecular flexibility index (Phi) is 7.96. The molecular weight excluding hydrogens is 136 g/mol. The summed E-state index contributed by atoms with van der Waals surface area (Å²) in [4.78, 5) is 0. The minimum Gasteiger partial charge on any atom is -0.330 e. The van der Waals surface area contributed by atoms with E-state index in [2.05, 4.69) is 6.92 Å². The van der Waals surface area contributed by atoms with E-state index in [0.29, 0.717) is 6.04 Å². The fourth-order valence-electron chi connectivity index (χ4n) is 1.18. The molecule has 4 N–H and O–H groups in total. The first kappa shape index (κ1) is 10.9. The molecule has 0 radical (unpaired) electrons. The zero-order valence-electron chi connectivity index (χ0n) is 7.68. The van der Waals surface area contributed by atoms with Crippen LogP contribution in [0.3, 0.4) is 0 Å². The summed E-state index contributed by atoms with van der Waals surface area (Å²) in [5.74, 6) is 0. The molecule has 2 heteroatoms. The lowest BCUT2D eigenvalue weighted by Gasteiger charge is -2.09. The summed E-state index contributed by atoms with van der Waals surface area (Å²) < 4.78 is 0. The van der Waals surface area contributed by atoms with Gasteiger partial charge in [-0.1, -0.05) is 26.2 Å². The van der Waals surface area contributed by atoms with Crippen LogP contribution >= 0.6 is 0 Å². The maximum absolute atomic E-state index is 5.84. The lowest BCUT2D eigenvalue weighted by atomic mass is 10.1. The first-order chi connectivity index (χ1) is 5.31. The highest BCUT2D eigenvalue weighted by molar-refractivity contribution is 4.61. The molecular formula is C9H22N2. The van der Waals surface area contributed by atoms with Crippen molar-refractivity contribution in [2.45, 2.75) is 51.5 Å². The van der Waals surface area contributed by atoms with E-state index in [1.165, 1.54) is 25.7 Å². The molecule has 0 aromatic rings. The van der Waals surface area contributed by atoms with Crippen molar-refractivity contribution in [1.82, 2.24) is 0 Å². The second-order valence-electron chi connectivity index (χ2n) is 3.19. The molecule has 0 rings (SSSR count). The summed E-state index contributed by atoms with van der Waals surface area (Å²) >= 11 is 0. The third-order valence-electron chi connectivity index (χ3n) is 1.96. The van der Waals surface area contributed by atoms with Crippen molar-refractivity contribution in [1.29, 1.82) is 0 Å². The first-order valence-electron chi connectivity index (χ1n) is 4.77. The molecule has 0 amide bonds. The Labute approximate surface area is 70.3 Å². The van der Waals surface area contributed by atoms with Crippen LogP contribution in [0.25, 0.3) is 0 Å². The SMILES string of the molecule is CCCCCC(N)CCCN. The van der Waals surface area contributed by atoms with E-state index in [1.807, 2.05) is 0 Å². The molecule has 0 spiro atoms. The van der Waals surface area contributed by atoms with Gasteiger partial charge >= 0.3 is 0 Å². The average Bonchev–Trinajstić information content (AvgIpc) is 2.01. The average molecular weight is 158 g/mol. The highest BCUT2D eigenvalue weighted by Gasteiger charge is 1.99. The molecule has 0 aliphatic rings. The maximum Gasteiger partial charge on any atom is 0.00392 e. The van der Waals surface area contributed by atoms with Crippen LogP contribution in [0, 0.1) is 0 Å². The molecule has 11 heavy (non-hydrogen) atoms. The van der Waals surface area contributed by atoms with Gasteiger partial charge in [-0.2, -0.15) is 0 Å². The van der Waals surface area contributed by atoms with Gasteiger partial charge in [-0.25, -0.2) is 0 Å². The molecule has 0 heterocycles. The predicted octanol–water partition coefficient (Wildman–Crippen LogP) is 1.63. The van der Waals surface area contributed by atoms with Crippen LogP contribution in [0.15, 0.2) is 0 Å². The van der Waals surface area contributed by atoms with Gasteiger partial charge in [-0.15, -0.1) is 0 Å². The zero-order valence-corrected chi connectivity index (χ0v) is 7.68. The van der Waals surface area contributed by atoms with E-state index >= 15 is 0 Å². The van der Waals surface area contributed by atoms with Crippen LogP contribution in [0.1, 0.15) is 45.4 Å². The smallest absolute Gasteiger partial charge is 0.00392 e. The minimum absolute atomic E-state index is 0.394. The summed E-state index contributed by atoms with van der Waals surface area (Å²) in [6, 6.07) is 0.394. The molecule has 0 aromatic carbocycles. The molecule has 2 nitrogen and oxygen atoms in total. The fraction of sp³-hybridized carbons (Fsp3) is 1.00. The Morgan fingerprint density at radius 2 is 1.73 bits per heavy atom. The largest absolute Gasteiger partial charge is 0.330 e. The highest BCUT2D eigenvalue weighted by atomic mass is 14.6. The second kappa shape index (κ2) is 8.02. The molecule has 0 saturated carbocycles. The zero-order chi connectivity index (χ0) is 8.53. The van der Waals surface area contributed by atoms with E-state index < -0.39 is 0 Å². The van der Waals surface area contributed by atoms with Crippen molar-refractivity contribution < 1.29 is 0 Å². The van der Waals surface area contributed by atoms with Crippen molar-refractivity contribution >= 4 is 0 Å². The number of hydrogen-bond donors (Lipinski definition) is 2. The Bertz CT molecular complexity index is 74.0. The van der Waals surface area contributed by atoms with Crippen molar-refractivity contribution in [2.75, 3.05) is 6.54 Å². The topological polar surface area (TPSA) is 52.0 Å². The molecule has 0 aliphatic heterocycles. The van der Waals surface area contributed by atoms with Gasteiger partial charge in [0.2, 0.25) is 0 Å². The minimum atomic E-state index is 0.394. The van der Waals surface area contributed by atoms with Crippen LogP contribution in [-0.2, 0) is 0 Å². The van der Waals surface area contributed by atoms with Crippen LogP contribution in [0.4, 0.5) is 0 Å². The summed E-state index contributed by atoms with van der Waals surface area (Å²) in [6.45, 7) is 2.99. The van der Waals surface area contributed by atoms with Gasteiger partial charge in [-0.05, 0) is 25.8 Å². The quantitative estimate of drug-likeness (QED) is 0.553. The monoisotopic (exact) mass is 158 g/mol. The first-order valence-corrected chi connectivity index (χ1v) is 4.77. The number of unbranched alkanes of at least 4 members (excludes halogenated alkanes) is 2. The van der Waals surface area contributed by atoms with Gasteiger partial charge in [0.25, 0.3) is 0 Å². The lowest BCUT2D eigenvalue weighted by Crippen LogP contribution is -2.20. The van der Waals surface area contributed by atoms with Crippen molar-refractivity contribution in [2.24, 2.45) is 11.5 Å². The molecule has 0 bridgehead atoms. The Balaban J connectivity index is 3.02. The number of rotatable bonds is 7. The van der Waals surface area contributed by atoms with Crippen LogP contribution in [-0.4, -0.2) is 12.6 Å². The van der Waals surface area contributed by atoms with Gasteiger partial charge in [-0.3, -0.25) is 0 Å². The van der Waals surface area contributed by atoms with Gasteiger partial charge in [0, 0.05) is 6.04 Å². The Morgan fingerprint density at radius 3 is 2.27 bits per heavy atom. The predicted molar refractivity (Wildman–Crippen MR) is 50.4 cm³/mol. The lowest BCUT2D eigenvalue weighted by molar-refractivity contribution is 0.517. The molecule has 0 aromatic heterocycles. The molecule has 0 saturated heterocycles. The van der Waals surface area contributed by atoms with Crippen LogP contribution < -0.4 is 11.5 Å². The fourth-order valence-corrected chi connectivity index (χ4v) is 1.18. The van der Waals surface area contributed by atoms with Crippen LogP contribution in [0.5, 0.6) is 0 Å². The summed E-state index contributed by atoms with van der Waals surface area (Å²) in [5.41, 5.74) is 11.2.